The number of amides is 4. The Morgan fingerprint density at radius 3 is 1.14 bits per heavy atom. The predicted molar refractivity (Wildman–Crippen MR) is 160 cm³/mol. The molecule has 0 aromatic heterocycles. The number of nitrogens with zero attached hydrogens (tertiary/aromatic N) is 2. The summed E-state index contributed by atoms with van der Waals surface area (Å²) in [4.78, 5) is 55.6. The average Bonchev–Trinajstić information content (AvgIpc) is 3.87. The van der Waals surface area contributed by atoms with Gasteiger partial charge in [-0.2, -0.15) is 0 Å². The van der Waals surface area contributed by atoms with Crippen LogP contribution in [0.5, 0.6) is 23.0 Å². The van der Waals surface area contributed by atoms with Gasteiger partial charge < -0.3 is 9.47 Å². The van der Waals surface area contributed by atoms with Crippen molar-refractivity contribution in [2.24, 2.45) is 47.3 Å². The minimum Gasteiger partial charge on any atom is -0.457 e. The van der Waals surface area contributed by atoms with Crippen LogP contribution in [0.25, 0.3) is 0 Å². The second kappa shape index (κ2) is 9.26. The number of carbonyl (C=O) groups excluding carboxylic acids is 4. The minimum absolute atomic E-state index is 0.120. The van der Waals surface area contributed by atoms with Gasteiger partial charge in [0, 0.05) is 12.1 Å². The lowest BCUT2D eigenvalue weighted by atomic mass is 9.85. The number of hydrogen-bond donors (Lipinski definition) is 0. The number of allylic oxidation sites excluding steroid dienone is 4. The van der Waals surface area contributed by atoms with E-state index in [1.807, 2.05) is 0 Å². The van der Waals surface area contributed by atoms with Crippen molar-refractivity contribution in [3.8, 4) is 23.0 Å². The second-order valence-electron chi connectivity index (χ2n) is 12.7. The fourth-order valence-electron chi connectivity index (χ4n) is 8.53. The van der Waals surface area contributed by atoms with E-state index < -0.39 is 0 Å². The maximum atomic E-state index is 13.2. The number of anilines is 2. The van der Waals surface area contributed by atoms with Crippen LogP contribution in [-0.2, 0) is 19.2 Å². The molecule has 2 heterocycles. The molecule has 4 aliphatic carbocycles. The Morgan fingerprint density at radius 2 is 0.795 bits per heavy atom. The molecule has 4 bridgehead atoms. The van der Waals surface area contributed by atoms with E-state index in [1.54, 1.807) is 72.8 Å². The molecule has 8 heteroatoms. The van der Waals surface area contributed by atoms with Crippen LogP contribution in [0.15, 0.2) is 97.1 Å². The fourth-order valence-corrected chi connectivity index (χ4v) is 8.53. The van der Waals surface area contributed by atoms with E-state index in [9.17, 15) is 19.2 Å². The first-order valence-corrected chi connectivity index (χ1v) is 15.2. The zero-order valence-corrected chi connectivity index (χ0v) is 23.6. The number of fused-ring (bicyclic) bond motifs is 10. The predicted octanol–water partition coefficient (Wildman–Crippen LogP) is 5.89. The Morgan fingerprint density at radius 1 is 0.455 bits per heavy atom. The van der Waals surface area contributed by atoms with Crippen LogP contribution < -0.4 is 19.3 Å². The number of benzene rings is 3. The maximum Gasteiger partial charge on any atom is 0.238 e. The van der Waals surface area contributed by atoms with Gasteiger partial charge in [0.25, 0.3) is 0 Å². The smallest absolute Gasteiger partial charge is 0.238 e. The first-order valence-electron chi connectivity index (χ1n) is 15.2. The highest BCUT2D eigenvalue weighted by molar-refractivity contribution is 6.23. The largest absolute Gasteiger partial charge is 0.457 e. The Kier molecular flexibility index (Phi) is 5.37. The standard InChI is InChI=1S/C36H28N2O6/c39-33-29-19-7-8-20(15-19)30(29)34(40)37(33)23-3-1-5-27(17-23)43-25-11-13-26(14-12-25)44-28-6-2-4-24(18-28)38-35(41)31-21-9-10-22(16-21)32(31)36(38)42/h1-14,17-22,29-32H,15-16H2/t19-,20-,21-,22-,29-,30+,31-,32+/m0/s1. The molecule has 8 nitrogen and oxygen atoms in total. The van der Waals surface area contributed by atoms with Crippen LogP contribution in [0.1, 0.15) is 12.8 Å². The topological polar surface area (TPSA) is 93.2 Å². The van der Waals surface area contributed by atoms with Crippen LogP contribution >= 0.6 is 0 Å². The van der Waals surface area contributed by atoms with E-state index in [0.29, 0.717) is 34.4 Å². The zero-order valence-electron chi connectivity index (χ0n) is 23.6. The molecule has 2 aliphatic heterocycles. The molecule has 0 spiro atoms. The van der Waals surface area contributed by atoms with Crippen LogP contribution in [0, 0.1) is 47.3 Å². The van der Waals surface area contributed by atoms with Gasteiger partial charge in [0.15, 0.2) is 0 Å². The van der Waals surface area contributed by atoms with Gasteiger partial charge >= 0.3 is 0 Å². The quantitative estimate of drug-likeness (QED) is 0.265. The molecule has 4 fully saturated rings. The Bertz CT molecular complexity index is 1640. The molecule has 0 N–H and O–H groups in total. The van der Waals surface area contributed by atoms with Crippen LogP contribution in [0.4, 0.5) is 11.4 Å². The minimum atomic E-state index is -0.251. The summed E-state index contributed by atoms with van der Waals surface area (Å²) < 4.78 is 12.1. The Labute approximate surface area is 253 Å². The van der Waals surface area contributed by atoms with Crippen molar-refractivity contribution in [1.82, 2.24) is 0 Å². The van der Waals surface area contributed by atoms with Crippen molar-refractivity contribution >= 4 is 35.0 Å². The zero-order chi connectivity index (χ0) is 29.7. The van der Waals surface area contributed by atoms with Gasteiger partial charge in [0.2, 0.25) is 23.6 Å². The van der Waals surface area contributed by atoms with Crippen molar-refractivity contribution in [2.75, 3.05) is 9.80 Å². The number of imide groups is 2. The average molecular weight is 585 g/mol. The molecule has 3 aromatic rings. The van der Waals surface area contributed by atoms with Gasteiger partial charge in [0.1, 0.15) is 23.0 Å². The van der Waals surface area contributed by atoms with E-state index >= 15 is 0 Å². The number of hydrogen-bond acceptors (Lipinski definition) is 6. The molecule has 218 valence electrons. The van der Waals surface area contributed by atoms with Gasteiger partial charge in [-0.25, -0.2) is 9.80 Å². The first-order chi connectivity index (χ1) is 21.4. The Hall–Kier alpha value is -4.98. The van der Waals surface area contributed by atoms with Gasteiger partial charge in [0.05, 0.1) is 35.0 Å². The number of rotatable bonds is 6. The lowest BCUT2D eigenvalue weighted by Crippen LogP contribution is -2.32. The van der Waals surface area contributed by atoms with Crippen molar-refractivity contribution < 1.29 is 28.7 Å². The molecular formula is C36H28N2O6. The van der Waals surface area contributed by atoms with Gasteiger partial charge in [-0.3, -0.25) is 19.2 Å². The summed E-state index contributed by atoms with van der Waals surface area (Å²) in [5, 5.41) is 0. The summed E-state index contributed by atoms with van der Waals surface area (Å²) in [5.74, 6) is 1.29. The molecule has 2 saturated carbocycles. The highest BCUT2D eigenvalue weighted by Crippen LogP contribution is 2.54. The number of ether oxygens (including phenoxy) is 2. The summed E-state index contributed by atoms with van der Waals surface area (Å²) in [7, 11) is 0. The monoisotopic (exact) mass is 584 g/mol. The van der Waals surface area contributed by atoms with Gasteiger partial charge in [-0.15, -0.1) is 0 Å². The summed E-state index contributed by atoms with van der Waals surface area (Å²) >= 11 is 0. The molecule has 6 aliphatic rings. The Balaban J connectivity index is 0.885. The van der Waals surface area contributed by atoms with Crippen molar-refractivity contribution in [3.05, 3.63) is 97.1 Å². The van der Waals surface area contributed by atoms with Gasteiger partial charge in [-0.05, 0) is 85.0 Å². The molecule has 0 unspecified atom stereocenters. The summed E-state index contributed by atoms with van der Waals surface area (Å²) in [6.07, 6.45) is 10.1. The van der Waals surface area contributed by atoms with Crippen molar-refractivity contribution in [1.29, 1.82) is 0 Å². The summed E-state index contributed by atoms with van der Waals surface area (Å²) in [6, 6.07) is 21.2. The van der Waals surface area contributed by atoms with E-state index in [2.05, 4.69) is 24.3 Å². The lowest BCUT2D eigenvalue weighted by Gasteiger charge is -2.18. The molecule has 2 saturated heterocycles. The molecule has 4 amide bonds. The SMILES string of the molecule is O=C1[C@@H]2[C@H](C(=O)N1c1cccc(Oc3ccc(Oc4cccc(N5C(=O)[C@@H]6[C@H](C5=O)[C@H]5C=C[C@H]6C5)c4)cc3)c1)[C@H]1C=C[C@H]2C1. The van der Waals surface area contributed by atoms with Crippen molar-refractivity contribution in [2.45, 2.75) is 12.8 Å². The number of carbonyl (C=O) groups is 4. The van der Waals surface area contributed by atoms with Crippen LogP contribution in [0.2, 0.25) is 0 Å². The third-order valence-electron chi connectivity index (χ3n) is 10.4. The molecule has 3 aromatic carbocycles. The molecule has 9 rings (SSSR count). The van der Waals surface area contributed by atoms with E-state index in [1.165, 1.54) is 9.80 Å². The highest BCUT2D eigenvalue weighted by Gasteiger charge is 2.60. The first kappa shape index (κ1) is 25.5. The molecule has 44 heavy (non-hydrogen) atoms. The third kappa shape index (κ3) is 3.63. The maximum absolute atomic E-state index is 13.2. The summed E-state index contributed by atoms with van der Waals surface area (Å²) in [6.45, 7) is 0. The normalized spacial score (nSPS) is 32.3. The van der Waals surface area contributed by atoms with Crippen LogP contribution in [0.3, 0.4) is 0 Å². The molecule has 8 atom stereocenters. The van der Waals surface area contributed by atoms with Gasteiger partial charge in [-0.1, -0.05) is 36.4 Å². The van der Waals surface area contributed by atoms with E-state index in [4.69, 9.17) is 9.47 Å². The van der Waals surface area contributed by atoms with Crippen LogP contribution in [-0.4, -0.2) is 23.6 Å². The van der Waals surface area contributed by atoms with Crippen molar-refractivity contribution in [3.63, 3.8) is 0 Å². The highest BCUT2D eigenvalue weighted by atomic mass is 16.5. The second-order valence-corrected chi connectivity index (χ2v) is 12.7. The molecule has 0 radical (unpaired) electrons. The van der Waals surface area contributed by atoms with E-state index in [-0.39, 0.29) is 71.0 Å². The summed E-state index contributed by atoms with van der Waals surface area (Å²) in [5.41, 5.74) is 1.04. The lowest BCUT2D eigenvalue weighted by molar-refractivity contribution is -0.124. The third-order valence-corrected chi connectivity index (χ3v) is 10.4. The fraction of sp³-hybridized carbons (Fsp3) is 0.278. The molecular weight excluding hydrogens is 556 g/mol. The van der Waals surface area contributed by atoms with E-state index in [0.717, 1.165) is 12.8 Å².